The van der Waals surface area contributed by atoms with E-state index in [-0.39, 0.29) is 11.8 Å². The van der Waals surface area contributed by atoms with Gasteiger partial charge in [-0.2, -0.15) is 0 Å². The number of Topliss-reactive ketones (excluding diaryl/α,β-unsaturated/α-hetero) is 1. The van der Waals surface area contributed by atoms with Crippen LogP contribution >= 0.6 is 11.6 Å². The van der Waals surface area contributed by atoms with Crippen LogP contribution in [0.15, 0.2) is 24.3 Å². The minimum absolute atomic E-state index is 0.00201. The zero-order chi connectivity index (χ0) is 14.6. The van der Waals surface area contributed by atoms with Gasteiger partial charge in [-0.25, -0.2) is 0 Å². The number of halogens is 1. The summed E-state index contributed by atoms with van der Waals surface area (Å²) in [5.41, 5.74) is -0.111. The highest BCUT2D eigenvalue weighted by atomic mass is 35.5. The van der Waals surface area contributed by atoms with Crippen LogP contribution in [0.5, 0.6) is 0 Å². The summed E-state index contributed by atoms with van der Waals surface area (Å²) in [5.74, 6) is -0.383. The minimum atomic E-state index is -1.01. The van der Waals surface area contributed by atoms with Gasteiger partial charge in [-0.1, -0.05) is 30.2 Å². The summed E-state index contributed by atoms with van der Waals surface area (Å²) in [5, 5.41) is 0.616. The van der Waals surface area contributed by atoms with E-state index in [1.54, 1.807) is 13.0 Å². The molecule has 0 aliphatic heterocycles. The molecule has 0 N–H and O–H groups in total. The van der Waals surface area contributed by atoms with Gasteiger partial charge in [0.25, 0.3) is 0 Å². The Morgan fingerprint density at radius 2 is 2.20 bits per heavy atom. The number of carbonyl (C=O) groups is 2. The van der Waals surface area contributed by atoms with Crippen LogP contribution in [0, 0.1) is 5.41 Å². The average molecular weight is 295 g/mol. The number of hydrogen-bond donors (Lipinski definition) is 0. The summed E-state index contributed by atoms with van der Waals surface area (Å²) in [7, 11) is 0. The quantitative estimate of drug-likeness (QED) is 0.630. The molecule has 2 rings (SSSR count). The topological polar surface area (TPSA) is 43.4 Å². The fraction of sp³-hybridized carbons (Fsp3) is 0.500. The number of rotatable bonds is 4. The Morgan fingerprint density at radius 1 is 1.40 bits per heavy atom. The molecule has 1 aromatic rings. The highest BCUT2D eigenvalue weighted by molar-refractivity contribution is 6.30. The monoisotopic (exact) mass is 294 g/mol. The van der Waals surface area contributed by atoms with Gasteiger partial charge in [0.15, 0.2) is 5.78 Å². The summed E-state index contributed by atoms with van der Waals surface area (Å²) in [6.07, 6.45) is 3.14. The van der Waals surface area contributed by atoms with Crippen LogP contribution in [-0.4, -0.2) is 18.4 Å². The van der Waals surface area contributed by atoms with Crippen molar-refractivity contribution in [3.8, 4) is 0 Å². The number of esters is 1. The molecule has 1 unspecified atom stereocenters. The van der Waals surface area contributed by atoms with Crippen LogP contribution in [0.1, 0.15) is 38.2 Å². The van der Waals surface area contributed by atoms with Crippen molar-refractivity contribution in [2.45, 2.75) is 39.0 Å². The molecule has 0 aromatic heterocycles. The van der Waals surface area contributed by atoms with Crippen molar-refractivity contribution in [1.82, 2.24) is 0 Å². The first-order valence-electron chi connectivity index (χ1n) is 7.03. The maximum atomic E-state index is 12.4. The van der Waals surface area contributed by atoms with Crippen molar-refractivity contribution < 1.29 is 14.3 Å². The molecule has 4 heteroatoms. The van der Waals surface area contributed by atoms with E-state index in [2.05, 4.69) is 0 Å². The molecule has 0 bridgehead atoms. The molecule has 1 saturated carbocycles. The fourth-order valence-corrected chi connectivity index (χ4v) is 3.04. The molecule has 108 valence electrons. The molecule has 1 aromatic carbocycles. The summed E-state index contributed by atoms with van der Waals surface area (Å²) < 4.78 is 5.16. The van der Waals surface area contributed by atoms with Crippen LogP contribution in [0.2, 0.25) is 5.02 Å². The Kier molecular flexibility index (Phi) is 4.81. The lowest BCUT2D eigenvalue weighted by atomic mass is 9.69. The summed E-state index contributed by atoms with van der Waals surface area (Å²) in [4.78, 5) is 24.7. The van der Waals surface area contributed by atoms with Crippen LogP contribution in [-0.2, 0) is 20.7 Å². The van der Waals surface area contributed by atoms with Crippen molar-refractivity contribution in [1.29, 1.82) is 0 Å². The standard InChI is InChI=1S/C16H19ClO3/c1-2-20-15(19)16(9-4-3-8-14(16)18)11-12-6-5-7-13(17)10-12/h5-7,10H,2-4,8-9,11H2,1H3. The van der Waals surface area contributed by atoms with Gasteiger partial charge in [0.05, 0.1) is 6.61 Å². The van der Waals surface area contributed by atoms with E-state index in [9.17, 15) is 9.59 Å². The van der Waals surface area contributed by atoms with Crippen LogP contribution in [0.4, 0.5) is 0 Å². The van der Waals surface area contributed by atoms with E-state index in [1.807, 2.05) is 18.2 Å². The Balaban J connectivity index is 2.31. The van der Waals surface area contributed by atoms with Gasteiger partial charge in [0, 0.05) is 11.4 Å². The number of benzene rings is 1. The molecule has 1 atom stereocenters. The van der Waals surface area contributed by atoms with Crippen molar-refractivity contribution in [3.63, 3.8) is 0 Å². The molecule has 1 fully saturated rings. The van der Waals surface area contributed by atoms with Crippen LogP contribution in [0.3, 0.4) is 0 Å². The van der Waals surface area contributed by atoms with Crippen LogP contribution < -0.4 is 0 Å². The van der Waals surface area contributed by atoms with Gasteiger partial charge in [0.1, 0.15) is 5.41 Å². The van der Waals surface area contributed by atoms with Gasteiger partial charge in [0.2, 0.25) is 0 Å². The molecule has 0 saturated heterocycles. The SMILES string of the molecule is CCOC(=O)C1(Cc2cccc(Cl)c2)CCCCC1=O. The number of ether oxygens (including phenoxy) is 1. The Bertz CT molecular complexity index is 512. The first kappa shape index (κ1) is 15.0. The maximum Gasteiger partial charge on any atom is 0.319 e. The third-order valence-corrected chi connectivity index (χ3v) is 4.09. The molecule has 1 aliphatic carbocycles. The van der Waals surface area contributed by atoms with Gasteiger partial charge in [-0.3, -0.25) is 9.59 Å². The molecule has 1 aliphatic rings. The lowest BCUT2D eigenvalue weighted by molar-refractivity contribution is -0.162. The Morgan fingerprint density at radius 3 is 2.85 bits per heavy atom. The third-order valence-electron chi connectivity index (χ3n) is 3.85. The zero-order valence-corrected chi connectivity index (χ0v) is 12.4. The van der Waals surface area contributed by atoms with Gasteiger partial charge in [-0.05, 0) is 43.9 Å². The van der Waals surface area contributed by atoms with Crippen molar-refractivity contribution in [3.05, 3.63) is 34.9 Å². The largest absolute Gasteiger partial charge is 0.465 e. The Hall–Kier alpha value is -1.35. The number of hydrogen-bond acceptors (Lipinski definition) is 3. The van der Waals surface area contributed by atoms with Gasteiger partial charge in [-0.15, -0.1) is 0 Å². The molecule has 0 amide bonds. The first-order chi connectivity index (χ1) is 9.58. The highest BCUT2D eigenvalue weighted by Crippen LogP contribution is 2.38. The van der Waals surface area contributed by atoms with E-state index < -0.39 is 5.41 Å². The molecular weight excluding hydrogens is 276 g/mol. The van der Waals surface area contributed by atoms with E-state index in [0.717, 1.165) is 18.4 Å². The Labute approximate surface area is 124 Å². The molecule has 0 spiro atoms. The van der Waals surface area contributed by atoms with Gasteiger partial charge < -0.3 is 4.74 Å². The molecule has 0 heterocycles. The van der Waals surface area contributed by atoms with E-state index in [1.165, 1.54) is 0 Å². The smallest absolute Gasteiger partial charge is 0.319 e. The second-order valence-corrected chi connectivity index (χ2v) is 5.68. The van der Waals surface area contributed by atoms with Crippen molar-refractivity contribution in [2.24, 2.45) is 5.41 Å². The summed E-state index contributed by atoms with van der Waals surface area (Å²) in [6, 6.07) is 7.33. The summed E-state index contributed by atoms with van der Waals surface area (Å²) >= 11 is 5.98. The first-order valence-corrected chi connectivity index (χ1v) is 7.41. The zero-order valence-electron chi connectivity index (χ0n) is 11.7. The van der Waals surface area contributed by atoms with Crippen LogP contribution in [0.25, 0.3) is 0 Å². The third kappa shape index (κ3) is 3.04. The molecule has 3 nitrogen and oxygen atoms in total. The highest BCUT2D eigenvalue weighted by Gasteiger charge is 2.47. The number of ketones is 1. The van der Waals surface area contributed by atoms with E-state index in [4.69, 9.17) is 16.3 Å². The minimum Gasteiger partial charge on any atom is -0.465 e. The predicted molar refractivity (Wildman–Crippen MR) is 77.7 cm³/mol. The molecular formula is C16H19ClO3. The van der Waals surface area contributed by atoms with E-state index in [0.29, 0.717) is 30.9 Å². The normalized spacial score (nSPS) is 22.6. The lowest BCUT2D eigenvalue weighted by Crippen LogP contribution is -2.44. The second kappa shape index (κ2) is 6.40. The number of carbonyl (C=O) groups excluding carboxylic acids is 2. The predicted octanol–water partition coefficient (Wildman–Crippen LogP) is 3.58. The van der Waals surface area contributed by atoms with Gasteiger partial charge >= 0.3 is 5.97 Å². The second-order valence-electron chi connectivity index (χ2n) is 5.24. The van der Waals surface area contributed by atoms with E-state index >= 15 is 0 Å². The average Bonchev–Trinajstić information content (AvgIpc) is 2.42. The summed E-state index contributed by atoms with van der Waals surface area (Å²) in [6.45, 7) is 2.06. The fourth-order valence-electron chi connectivity index (χ4n) is 2.83. The molecule has 20 heavy (non-hydrogen) atoms. The van der Waals surface area contributed by atoms with Crippen molar-refractivity contribution >= 4 is 23.4 Å². The lowest BCUT2D eigenvalue weighted by Gasteiger charge is -2.33. The van der Waals surface area contributed by atoms with Crippen molar-refractivity contribution in [2.75, 3.05) is 6.61 Å². The maximum absolute atomic E-state index is 12.4. The molecule has 0 radical (unpaired) electrons.